The predicted octanol–water partition coefficient (Wildman–Crippen LogP) is 3.67. The molecule has 0 spiro atoms. The Bertz CT molecular complexity index is 936. The number of carbonyl (C=O) groups excluding carboxylic acids is 1. The average molecular weight is 566 g/mol. The van der Waals surface area contributed by atoms with Gasteiger partial charge in [0.05, 0.1) is 19.7 Å². The van der Waals surface area contributed by atoms with Gasteiger partial charge in [-0.05, 0) is 43.5 Å². The van der Waals surface area contributed by atoms with Crippen molar-refractivity contribution >= 4 is 41.5 Å². The monoisotopic (exact) mass is 566 g/mol. The lowest BCUT2D eigenvalue weighted by Crippen LogP contribution is -2.44. The van der Waals surface area contributed by atoms with Crippen LogP contribution in [0.2, 0.25) is 0 Å². The highest BCUT2D eigenvalue weighted by Crippen LogP contribution is 2.27. The fourth-order valence-corrected chi connectivity index (χ4v) is 3.67. The Morgan fingerprint density at radius 2 is 1.97 bits per heavy atom. The van der Waals surface area contributed by atoms with E-state index in [1.807, 2.05) is 49.1 Å². The van der Waals surface area contributed by atoms with Gasteiger partial charge in [-0.15, -0.1) is 24.0 Å². The third-order valence-corrected chi connectivity index (χ3v) is 5.32. The van der Waals surface area contributed by atoms with Crippen molar-refractivity contribution < 1.29 is 14.3 Å². The van der Waals surface area contributed by atoms with Crippen LogP contribution < -0.4 is 20.3 Å². The first kappa shape index (κ1) is 26.9. The Labute approximate surface area is 214 Å². The van der Waals surface area contributed by atoms with Crippen molar-refractivity contribution in [3.63, 3.8) is 0 Å². The molecule has 0 unspecified atom stereocenters. The highest BCUT2D eigenvalue weighted by atomic mass is 127. The number of fused-ring (bicyclic) bond motifs is 1. The van der Waals surface area contributed by atoms with Gasteiger partial charge in [0, 0.05) is 44.5 Å². The maximum atomic E-state index is 12.8. The van der Waals surface area contributed by atoms with Gasteiger partial charge in [-0.25, -0.2) is 4.99 Å². The van der Waals surface area contributed by atoms with Crippen LogP contribution in [0.1, 0.15) is 30.0 Å². The number of guanidine groups is 1. The minimum atomic E-state index is 0. The molecular weight excluding hydrogens is 531 g/mol. The molecule has 0 atom stereocenters. The maximum absolute atomic E-state index is 12.8. The van der Waals surface area contributed by atoms with Gasteiger partial charge in [-0.1, -0.05) is 30.3 Å². The number of carbonyl (C=O) groups is 1. The number of aryl methyl sites for hydroxylation is 1. The second-order valence-corrected chi connectivity index (χ2v) is 7.78. The lowest BCUT2D eigenvalue weighted by molar-refractivity contribution is -0.117. The molecule has 0 bridgehead atoms. The first-order chi connectivity index (χ1) is 15.6. The molecule has 1 aliphatic rings. The Balaban J connectivity index is 0.00000385. The van der Waals surface area contributed by atoms with Gasteiger partial charge in [0.25, 0.3) is 0 Å². The molecule has 0 saturated carbocycles. The molecule has 8 heteroatoms. The molecule has 180 valence electrons. The summed E-state index contributed by atoms with van der Waals surface area (Å²) in [7, 11) is 1.69. The number of methoxy groups -OCH3 is 1. The summed E-state index contributed by atoms with van der Waals surface area (Å²) in [5.74, 6) is 1.49. The number of para-hydroxylation sites is 1. The van der Waals surface area contributed by atoms with Crippen LogP contribution in [-0.4, -0.2) is 51.8 Å². The van der Waals surface area contributed by atoms with E-state index in [4.69, 9.17) is 9.47 Å². The Hall–Kier alpha value is -2.33. The minimum Gasteiger partial charge on any atom is -0.493 e. The van der Waals surface area contributed by atoms with Gasteiger partial charge in [0.1, 0.15) is 5.75 Å². The van der Waals surface area contributed by atoms with Crippen molar-refractivity contribution in [1.82, 2.24) is 10.6 Å². The summed E-state index contributed by atoms with van der Waals surface area (Å²) in [5, 5.41) is 6.40. The molecular formula is C25H35IN4O3. The molecule has 2 aromatic rings. The van der Waals surface area contributed by atoms with E-state index in [1.165, 1.54) is 5.56 Å². The van der Waals surface area contributed by atoms with E-state index in [0.717, 1.165) is 42.0 Å². The highest BCUT2D eigenvalue weighted by molar-refractivity contribution is 14.0. The molecule has 0 aliphatic carbocycles. The van der Waals surface area contributed by atoms with E-state index in [9.17, 15) is 4.79 Å². The van der Waals surface area contributed by atoms with Gasteiger partial charge in [0.2, 0.25) is 5.91 Å². The van der Waals surface area contributed by atoms with Crippen LogP contribution in [0.25, 0.3) is 0 Å². The van der Waals surface area contributed by atoms with E-state index < -0.39 is 0 Å². The zero-order valence-electron chi connectivity index (χ0n) is 19.7. The summed E-state index contributed by atoms with van der Waals surface area (Å²) in [5.41, 5.74) is 4.38. The van der Waals surface area contributed by atoms with Crippen molar-refractivity contribution in [1.29, 1.82) is 0 Å². The number of nitrogens with zero attached hydrogens (tertiary/aromatic N) is 2. The van der Waals surface area contributed by atoms with E-state index >= 15 is 0 Å². The zero-order valence-corrected chi connectivity index (χ0v) is 22.1. The normalized spacial score (nSPS) is 12.7. The molecule has 0 radical (unpaired) electrons. The van der Waals surface area contributed by atoms with Gasteiger partial charge < -0.3 is 25.0 Å². The number of rotatable bonds is 10. The number of aliphatic imine (C=N–C) groups is 1. The average Bonchev–Trinajstić information content (AvgIpc) is 3.23. The van der Waals surface area contributed by atoms with Crippen molar-refractivity contribution in [3.8, 4) is 5.75 Å². The molecule has 3 rings (SSSR count). The SMILES string of the molecule is CCNC(=NCc1ccc(C)cc1OCCCOC)NCC(=O)N1CCc2ccccc21.I. The Morgan fingerprint density at radius 1 is 1.15 bits per heavy atom. The van der Waals surface area contributed by atoms with Crippen LogP contribution in [0.4, 0.5) is 5.69 Å². The van der Waals surface area contributed by atoms with Crippen molar-refractivity contribution in [2.24, 2.45) is 4.99 Å². The van der Waals surface area contributed by atoms with Gasteiger partial charge in [-0.2, -0.15) is 0 Å². The molecule has 33 heavy (non-hydrogen) atoms. The summed E-state index contributed by atoms with van der Waals surface area (Å²) < 4.78 is 11.1. The summed E-state index contributed by atoms with van der Waals surface area (Å²) in [6.45, 7) is 7.39. The first-order valence-corrected chi connectivity index (χ1v) is 11.2. The quantitative estimate of drug-likeness (QED) is 0.199. The van der Waals surface area contributed by atoms with Crippen LogP contribution in [0.5, 0.6) is 5.75 Å². The fourth-order valence-electron chi connectivity index (χ4n) is 3.67. The summed E-state index contributed by atoms with van der Waals surface area (Å²) >= 11 is 0. The Kier molecular flexibility index (Phi) is 11.5. The topological polar surface area (TPSA) is 75.2 Å². The van der Waals surface area contributed by atoms with E-state index in [-0.39, 0.29) is 36.4 Å². The second kappa shape index (κ2) is 14.0. The number of benzene rings is 2. The van der Waals surface area contributed by atoms with Gasteiger partial charge in [0.15, 0.2) is 5.96 Å². The fraction of sp³-hybridized carbons (Fsp3) is 0.440. The molecule has 0 fully saturated rings. The first-order valence-electron chi connectivity index (χ1n) is 11.2. The number of halogens is 1. The molecule has 1 amide bonds. The summed E-state index contributed by atoms with van der Waals surface area (Å²) in [6, 6.07) is 14.2. The molecule has 2 N–H and O–H groups in total. The van der Waals surface area contributed by atoms with Crippen LogP contribution in [-0.2, 0) is 22.5 Å². The minimum absolute atomic E-state index is 0. The van der Waals surface area contributed by atoms with Crippen LogP contribution in [0.3, 0.4) is 0 Å². The highest BCUT2D eigenvalue weighted by Gasteiger charge is 2.23. The van der Waals surface area contributed by atoms with Gasteiger partial charge in [-0.3, -0.25) is 4.79 Å². The van der Waals surface area contributed by atoms with Crippen molar-refractivity contribution in [2.75, 3.05) is 44.9 Å². The van der Waals surface area contributed by atoms with E-state index in [1.54, 1.807) is 7.11 Å². The number of hydrogen-bond donors (Lipinski definition) is 2. The lowest BCUT2D eigenvalue weighted by atomic mass is 10.1. The third kappa shape index (κ3) is 7.89. The molecule has 7 nitrogen and oxygen atoms in total. The lowest BCUT2D eigenvalue weighted by Gasteiger charge is -2.19. The molecule has 1 heterocycles. The number of amides is 1. The molecule has 0 aromatic heterocycles. The Morgan fingerprint density at radius 3 is 2.76 bits per heavy atom. The summed E-state index contributed by atoms with van der Waals surface area (Å²) in [4.78, 5) is 19.3. The van der Waals surface area contributed by atoms with Gasteiger partial charge >= 0.3 is 0 Å². The molecule has 2 aromatic carbocycles. The molecule has 0 saturated heterocycles. The summed E-state index contributed by atoms with van der Waals surface area (Å²) in [6.07, 6.45) is 1.73. The van der Waals surface area contributed by atoms with Crippen LogP contribution >= 0.6 is 24.0 Å². The molecule has 1 aliphatic heterocycles. The number of hydrogen-bond acceptors (Lipinski definition) is 4. The zero-order chi connectivity index (χ0) is 22.8. The predicted molar refractivity (Wildman–Crippen MR) is 144 cm³/mol. The smallest absolute Gasteiger partial charge is 0.246 e. The van der Waals surface area contributed by atoms with E-state index in [2.05, 4.69) is 27.8 Å². The largest absolute Gasteiger partial charge is 0.493 e. The van der Waals surface area contributed by atoms with Crippen LogP contribution in [0, 0.1) is 6.92 Å². The number of nitrogens with one attached hydrogen (secondary N) is 2. The van der Waals surface area contributed by atoms with Crippen LogP contribution in [0.15, 0.2) is 47.5 Å². The second-order valence-electron chi connectivity index (χ2n) is 7.78. The van der Waals surface area contributed by atoms with Crippen molar-refractivity contribution in [3.05, 3.63) is 59.2 Å². The van der Waals surface area contributed by atoms with E-state index in [0.29, 0.717) is 32.3 Å². The third-order valence-electron chi connectivity index (χ3n) is 5.32. The van der Waals surface area contributed by atoms with Crippen molar-refractivity contribution in [2.45, 2.75) is 33.2 Å². The number of ether oxygens (including phenoxy) is 2. The standard InChI is InChI=1S/C25H34N4O3.HI/c1-4-26-25(28-18-24(30)29-13-12-20-8-5-6-9-22(20)29)27-17-21-11-10-19(2)16-23(21)32-15-7-14-31-3;/h5-6,8-11,16H,4,7,12-15,17-18H2,1-3H3,(H2,26,27,28);1H. The maximum Gasteiger partial charge on any atom is 0.246 e. The number of anilines is 1.